The van der Waals surface area contributed by atoms with Crippen LogP contribution in [0.15, 0.2) is 36.5 Å². The van der Waals surface area contributed by atoms with E-state index in [-0.39, 0.29) is 11.4 Å². The summed E-state index contributed by atoms with van der Waals surface area (Å²) in [5, 5.41) is 0. The lowest BCUT2D eigenvalue weighted by Gasteiger charge is -2.21. The van der Waals surface area contributed by atoms with E-state index in [0.29, 0.717) is 12.2 Å². The molecular weight excluding hydrogens is 264 g/mol. The Kier molecular flexibility index (Phi) is 4.36. The van der Waals surface area contributed by atoms with Gasteiger partial charge in [0.25, 0.3) is 0 Å². The summed E-state index contributed by atoms with van der Waals surface area (Å²) in [5.74, 6) is -0.331. The molecule has 4 nitrogen and oxygen atoms in total. The second-order valence-electron chi connectivity index (χ2n) is 5.78. The minimum atomic E-state index is -0.331. The highest BCUT2D eigenvalue weighted by molar-refractivity contribution is 5.91. The van der Waals surface area contributed by atoms with Crippen LogP contribution in [0, 0.1) is 0 Å². The lowest BCUT2D eigenvalue weighted by Crippen LogP contribution is -2.20. The monoisotopic (exact) mass is 284 g/mol. The molecule has 0 aliphatic heterocycles. The van der Waals surface area contributed by atoms with Crippen molar-refractivity contribution in [2.45, 2.75) is 33.1 Å². The first-order chi connectivity index (χ1) is 9.93. The van der Waals surface area contributed by atoms with E-state index in [2.05, 4.69) is 9.97 Å². The van der Waals surface area contributed by atoms with Gasteiger partial charge in [-0.2, -0.15) is 0 Å². The third kappa shape index (κ3) is 3.45. The van der Waals surface area contributed by atoms with Crippen molar-refractivity contribution < 1.29 is 9.53 Å². The number of esters is 1. The Morgan fingerprint density at radius 2 is 1.90 bits per heavy atom. The third-order valence-electron chi connectivity index (χ3n) is 3.03. The zero-order valence-corrected chi connectivity index (χ0v) is 12.9. The van der Waals surface area contributed by atoms with Gasteiger partial charge < -0.3 is 4.74 Å². The summed E-state index contributed by atoms with van der Waals surface area (Å²) in [6, 6.07) is 9.26. The Morgan fingerprint density at radius 3 is 2.48 bits per heavy atom. The van der Waals surface area contributed by atoms with Crippen molar-refractivity contribution in [3.05, 3.63) is 47.8 Å². The Balaban J connectivity index is 2.53. The Morgan fingerprint density at radius 1 is 1.14 bits per heavy atom. The molecule has 2 rings (SSSR count). The van der Waals surface area contributed by atoms with Crippen LogP contribution in [0.25, 0.3) is 11.4 Å². The highest BCUT2D eigenvalue weighted by Crippen LogP contribution is 2.27. The maximum Gasteiger partial charge on any atom is 0.340 e. The molecule has 4 heteroatoms. The second-order valence-corrected chi connectivity index (χ2v) is 5.78. The summed E-state index contributed by atoms with van der Waals surface area (Å²) < 4.78 is 5.11. The maximum atomic E-state index is 12.1. The molecule has 0 amide bonds. The first-order valence-corrected chi connectivity index (χ1v) is 7.03. The molecule has 21 heavy (non-hydrogen) atoms. The van der Waals surface area contributed by atoms with E-state index in [0.717, 1.165) is 17.1 Å². The molecule has 0 spiro atoms. The molecule has 0 aliphatic carbocycles. The van der Waals surface area contributed by atoms with Gasteiger partial charge in [0.1, 0.15) is 0 Å². The molecule has 2 aromatic rings. The number of aromatic nitrogens is 2. The zero-order chi connectivity index (χ0) is 15.5. The predicted octanol–water partition coefficient (Wildman–Crippen LogP) is 3.62. The molecule has 0 N–H and O–H groups in total. The highest BCUT2D eigenvalue weighted by Gasteiger charge is 2.25. The predicted molar refractivity (Wildman–Crippen MR) is 82.1 cm³/mol. The molecule has 110 valence electrons. The largest absolute Gasteiger partial charge is 0.462 e. The van der Waals surface area contributed by atoms with Gasteiger partial charge in [-0.05, 0) is 31.2 Å². The molecule has 0 bridgehead atoms. The molecular formula is C17H20N2O2. The molecule has 0 saturated carbocycles. The van der Waals surface area contributed by atoms with Gasteiger partial charge >= 0.3 is 5.97 Å². The van der Waals surface area contributed by atoms with Gasteiger partial charge in [0.2, 0.25) is 0 Å². The van der Waals surface area contributed by atoms with Crippen molar-refractivity contribution >= 4 is 5.97 Å². The van der Waals surface area contributed by atoms with Crippen LogP contribution in [-0.4, -0.2) is 22.5 Å². The van der Waals surface area contributed by atoms with Crippen LogP contribution in [0.2, 0.25) is 0 Å². The summed E-state index contributed by atoms with van der Waals surface area (Å²) in [5.41, 5.74) is 2.53. The fraction of sp³-hybridized carbons (Fsp3) is 0.353. The standard InChI is InChI=1S/C17H20N2O2/c1-5-21-16(20)12-9-10-14(13-8-6-7-11-18-13)19-15(12)17(2,3)4/h6-11H,5H2,1-4H3. The quantitative estimate of drug-likeness (QED) is 0.808. The fourth-order valence-electron chi connectivity index (χ4n) is 2.06. The van der Waals surface area contributed by atoms with Crippen molar-refractivity contribution in [2.75, 3.05) is 6.61 Å². The van der Waals surface area contributed by atoms with Crippen LogP contribution in [0.1, 0.15) is 43.7 Å². The van der Waals surface area contributed by atoms with Gasteiger partial charge in [-0.1, -0.05) is 26.8 Å². The molecule has 2 aromatic heterocycles. The normalized spacial score (nSPS) is 11.2. The van der Waals surface area contributed by atoms with Crippen LogP contribution in [-0.2, 0) is 10.2 Å². The Hall–Kier alpha value is -2.23. The van der Waals surface area contributed by atoms with Gasteiger partial charge in [-0.3, -0.25) is 4.98 Å². The van der Waals surface area contributed by atoms with Crippen molar-refractivity contribution in [3.63, 3.8) is 0 Å². The van der Waals surface area contributed by atoms with Crippen molar-refractivity contribution in [1.29, 1.82) is 0 Å². The summed E-state index contributed by atoms with van der Waals surface area (Å²) in [7, 11) is 0. The molecule has 0 saturated heterocycles. The number of carbonyl (C=O) groups is 1. The van der Waals surface area contributed by atoms with E-state index >= 15 is 0 Å². The molecule has 0 aliphatic rings. The molecule has 0 aromatic carbocycles. The number of hydrogen-bond donors (Lipinski definition) is 0. The number of carbonyl (C=O) groups excluding carboxylic acids is 1. The molecule has 2 heterocycles. The first-order valence-electron chi connectivity index (χ1n) is 7.03. The van der Waals surface area contributed by atoms with Crippen molar-refractivity contribution in [3.8, 4) is 11.4 Å². The van der Waals surface area contributed by atoms with Gasteiger partial charge in [-0.25, -0.2) is 9.78 Å². The van der Waals surface area contributed by atoms with Gasteiger partial charge in [0, 0.05) is 11.6 Å². The van der Waals surface area contributed by atoms with E-state index in [1.807, 2.05) is 45.0 Å². The number of hydrogen-bond acceptors (Lipinski definition) is 4. The summed E-state index contributed by atoms with van der Waals surface area (Å²) in [6.45, 7) is 8.23. The number of pyridine rings is 2. The molecule has 0 fully saturated rings. The van der Waals surface area contributed by atoms with Crippen LogP contribution in [0.5, 0.6) is 0 Å². The second kappa shape index (κ2) is 6.04. The van der Waals surface area contributed by atoms with E-state index in [1.165, 1.54) is 0 Å². The smallest absolute Gasteiger partial charge is 0.340 e. The Labute approximate surface area is 125 Å². The minimum Gasteiger partial charge on any atom is -0.462 e. The van der Waals surface area contributed by atoms with E-state index < -0.39 is 0 Å². The number of ether oxygens (including phenoxy) is 1. The van der Waals surface area contributed by atoms with Crippen molar-refractivity contribution in [1.82, 2.24) is 9.97 Å². The molecule has 0 radical (unpaired) electrons. The molecule has 0 unspecified atom stereocenters. The number of nitrogens with zero attached hydrogens (tertiary/aromatic N) is 2. The highest BCUT2D eigenvalue weighted by atomic mass is 16.5. The average molecular weight is 284 g/mol. The number of rotatable bonds is 3. The third-order valence-corrected chi connectivity index (χ3v) is 3.03. The van der Waals surface area contributed by atoms with Crippen LogP contribution >= 0.6 is 0 Å². The maximum absolute atomic E-state index is 12.1. The van der Waals surface area contributed by atoms with Crippen LogP contribution in [0.3, 0.4) is 0 Å². The van der Waals surface area contributed by atoms with Gasteiger partial charge in [0.15, 0.2) is 0 Å². The minimum absolute atomic E-state index is 0.257. The van der Waals surface area contributed by atoms with Crippen LogP contribution < -0.4 is 0 Å². The van der Waals surface area contributed by atoms with E-state index in [1.54, 1.807) is 19.2 Å². The summed E-state index contributed by atoms with van der Waals surface area (Å²) in [4.78, 5) is 21.0. The molecule has 0 atom stereocenters. The lowest BCUT2D eigenvalue weighted by atomic mass is 9.88. The van der Waals surface area contributed by atoms with Gasteiger partial charge in [-0.15, -0.1) is 0 Å². The van der Waals surface area contributed by atoms with Gasteiger partial charge in [0.05, 0.1) is 29.3 Å². The zero-order valence-electron chi connectivity index (χ0n) is 12.9. The first kappa shape index (κ1) is 15.2. The summed E-state index contributed by atoms with van der Waals surface area (Å²) in [6.07, 6.45) is 1.73. The van der Waals surface area contributed by atoms with E-state index in [4.69, 9.17) is 4.74 Å². The average Bonchev–Trinajstić information content (AvgIpc) is 2.47. The topological polar surface area (TPSA) is 52.1 Å². The van der Waals surface area contributed by atoms with Crippen LogP contribution in [0.4, 0.5) is 0 Å². The lowest BCUT2D eigenvalue weighted by molar-refractivity contribution is 0.0523. The fourth-order valence-corrected chi connectivity index (χ4v) is 2.06. The SMILES string of the molecule is CCOC(=O)c1ccc(-c2ccccn2)nc1C(C)(C)C. The van der Waals surface area contributed by atoms with E-state index in [9.17, 15) is 4.79 Å². The van der Waals surface area contributed by atoms with Crippen molar-refractivity contribution in [2.24, 2.45) is 0 Å². The summed E-state index contributed by atoms with van der Waals surface area (Å²) >= 11 is 0. The Bertz CT molecular complexity index is 631.